The number of benzene rings is 2. The molecule has 1 heterocycles. The summed E-state index contributed by atoms with van der Waals surface area (Å²) < 4.78 is 6.46. The van der Waals surface area contributed by atoms with E-state index in [1.165, 1.54) is 11.8 Å². The number of aromatic nitrogens is 2. The Bertz CT molecular complexity index is 1010. The van der Waals surface area contributed by atoms with E-state index in [4.69, 9.17) is 16.3 Å². The predicted octanol–water partition coefficient (Wildman–Crippen LogP) is 2.78. The van der Waals surface area contributed by atoms with Crippen molar-refractivity contribution in [3.8, 4) is 5.75 Å². The van der Waals surface area contributed by atoms with Gasteiger partial charge in [0.15, 0.2) is 0 Å². The van der Waals surface area contributed by atoms with Gasteiger partial charge in [0.1, 0.15) is 5.75 Å². The van der Waals surface area contributed by atoms with Gasteiger partial charge >= 0.3 is 0 Å². The number of amides is 1. The number of rotatable bonds is 4. The number of aryl methyl sites for hydroxylation is 1. The van der Waals surface area contributed by atoms with Gasteiger partial charge in [0.2, 0.25) is 5.91 Å². The summed E-state index contributed by atoms with van der Waals surface area (Å²) >= 11 is 5.98. The summed E-state index contributed by atoms with van der Waals surface area (Å²) in [5.41, 5.74) is 0.807. The molecule has 1 aromatic heterocycles. The van der Waals surface area contributed by atoms with E-state index in [0.29, 0.717) is 32.9 Å². The third-order valence-corrected chi connectivity index (χ3v) is 4.03. The molecule has 7 heteroatoms. The third-order valence-electron chi connectivity index (χ3n) is 3.80. The van der Waals surface area contributed by atoms with E-state index in [1.54, 1.807) is 43.4 Å². The molecule has 0 radical (unpaired) electrons. The topological polar surface area (TPSA) is 73.2 Å². The van der Waals surface area contributed by atoms with Gasteiger partial charge < -0.3 is 10.1 Å². The van der Waals surface area contributed by atoms with Gasteiger partial charge in [-0.1, -0.05) is 29.8 Å². The maximum atomic E-state index is 12.5. The lowest BCUT2D eigenvalue weighted by molar-refractivity contribution is -0.115. The van der Waals surface area contributed by atoms with Crippen molar-refractivity contribution in [2.45, 2.75) is 6.42 Å². The highest BCUT2D eigenvalue weighted by Crippen LogP contribution is 2.27. The lowest BCUT2D eigenvalue weighted by atomic mass is 10.1. The molecule has 0 aliphatic carbocycles. The van der Waals surface area contributed by atoms with Gasteiger partial charge in [0.05, 0.1) is 30.3 Å². The van der Waals surface area contributed by atoms with Crippen molar-refractivity contribution in [1.29, 1.82) is 0 Å². The first-order valence-electron chi connectivity index (χ1n) is 7.58. The zero-order chi connectivity index (χ0) is 18.0. The van der Waals surface area contributed by atoms with Crippen LogP contribution in [0.1, 0.15) is 5.69 Å². The van der Waals surface area contributed by atoms with Crippen molar-refractivity contribution < 1.29 is 9.53 Å². The monoisotopic (exact) mass is 357 g/mol. The third kappa shape index (κ3) is 3.49. The lowest BCUT2D eigenvalue weighted by Crippen LogP contribution is -2.24. The number of ether oxygens (including phenoxy) is 1. The fourth-order valence-electron chi connectivity index (χ4n) is 2.63. The molecule has 1 amide bonds. The zero-order valence-corrected chi connectivity index (χ0v) is 14.5. The largest absolute Gasteiger partial charge is 0.495 e. The fourth-order valence-corrected chi connectivity index (χ4v) is 2.80. The molecule has 0 aliphatic heterocycles. The summed E-state index contributed by atoms with van der Waals surface area (Å²) in [6.45, 7) is 0. The van der Waals surface area contributed by atoms with E-state index in [-0.39, 0.29) is 17.9 Å². The second-order valence-corrected chi connectivity index (χ2v) is 5.93. The van der Waals surface area contributed by atoms with Crippen LogP contribution in [0.2, 0.25) is 5.02 Å². The summed E-state index contributed by atoms with van der Waals surface area (Å²) in [6, 6.07) is 12.1. The second-order valence-electron chi connectivity index (χ2n) is 5.49. The van der Waals surface area contributed by atoms with Crippen molar-refractivity contribution in [3.63, 3.8) is 0 Å². The highest BCUT2D eigenvalue weighted by atomic mass is 35.5. The number of methoxy groups -OCH3 is 1. The Kier molecular flexibility index (Phi) is 4.72. The molecule has 0 saturated carbocycles. The first kappa shape index (κ1) is 17.0. The number of nitrogens with one attached hydrogen (secondary N) is 1. The van der Waals surface area contributed by atoms with Crippen LogP contribution in [0, 0.1) is 0 Å². The quantitative estimate of drug-likeness (QED) is 0.779. The second kappa shape index (κ2) is 6.94. The summed E-state index contributed by atoms with van der Waals surface area (Å²) in [5.74, 6) is 0.230. The predicted molar refractivity (Wildman–Crippen MR) is 97.3 cm³/mol. The summed E-state index contributed by atoms with van der Waals surface area (Å²) in [5, 5.41) is 8.69. The number of hydrogen-bond acceptors (Lipinski definition) is 4. The van der Waals surface area contributed by atoms with Gasteiger partial charge in [-0.3, -0.25) is 9.59 Å². The summed E-state index contributed by atoms with van der Waals surface area (Å²) in [4.78, 5) is 24.6. The number of anilines is 1. The molecule has 0 aliphatic rings. The maximum Gasteiger partial charge on any atom is 0.274 e. The smallest absolute Gasteiger partial charge is 0.274 e. The van der Waals surface area contributed by atoms with E-state index in [0.717, 1.165) is 0 Å². The van der Waals surface area contributed by atoms with Crippen molar-refractivity contribution in [1.82, 2.24) is 9.78 Å². The van der Waals surface area contributed by atoms with Crippen LogP contribution < -0.4 is 15.6 Å². The van der Waals surface area contributed by atoms with Gasteiger partial charge in [-0.2, -0.15) is 5.10 Å². The SMILES string of the molecule is COc1ccc(Cl)cc1NC(=O)Cc1nn(C)c(=O)c2ccccc12. The number of hydrogen-bond donors (Lipinski definition) is 1. The summed E-state index contributed by atoms with van der Waals surface area (Å²) in [7, 11) is 3.08. The molecule has 6 nitrogen and oxygen atoms in total. The minimum absolute atomic E-state index is 0.0182. The van der Waals surface area contributed by atoms with E-state index in [2.05, 4.69) is 10.4 Å². The van der Waals surface area contributed by atoms with E-state index < -0.39 is 0 Å². The van der Waals surface area contributed by atoms with Crippen molar-refractivity contribution >= 4 is 34.0 Å². The van der Waals surface area contributed by atoms with Crippen LogP contribution in [0.3, 0.4) is 0 Å². The van der Waals surface area contributed by atoms with Crippen LogP contribution in [0.5, 0.6) is 5.75 Å². The molecule has 0 saturated heterocycles. The Balaban J connectivity index is 1.92. The van der Waals surface area contributed by atoms with Gasteiger partial charge in [-0.15, -0.1) is 0 Å². The molecule has 0 atom stereocenters. The van der Waals surface area contributed by atoms with Crippen LogP contribution in [0.15, 0.2) is 47.3 Å². The molecular weight excluding hydrogens is 342 g/mol. The maximum absolute atomic E-state index is 12.5. The first-order valence-corrected chi connectivity index (χ1v) is 7.95. The molecule has 0 spiro atoms. The Morgan fingerprint density at radius 3 is 2.68 bits per heavy atom. The van der Waals surface area contributed by atoms with Gasteiger partial charge in [-0.05, 0) is 24.3 Å². The Morgan fingerprint density at radius 2 is 1.96 bits per heavy atom. The molecule has 1 N–H and O–H groups in total. The molecule has 0 unspecified atom stereocenters. The summed E-state index contributed by atoms with van der Waals surface area (Å²) in [6.07, 6.45) is 0.0182. The van der Waals surface area contributed by atoms with E-state index in [1.807, 2.05) is 6.07 Å². The number of carbonyl (C=O) groups excluding carboxylic acids is 1. The van der Waals surface area contributed by atoms with Crippen LogP contribution >= 0.6 is 11.6 Å². The van der Waals surface area contributed by atoms with Crippen molar-refractivity contribution in [3.05, 3.63) is 63.5 Å². The van der Waals surface area contributed by atoms with Crippen molar-refractivity contribution in [2.24, 2.45) is 7.05 Å². The first-order chi connectivity index (χ1) is 12.0. The minimum atomic E-state index is -0.281. The molecule has 3 rings (SSSR count). The van der Waals surface area contributed by atoms with Gasteiger partial charge in [0, 0.05) is 17.5 Å². The zero-order valence-electron chi connectivity index (χ0n) is 13.7. The molecule has 128 valence electrons. The number of carbonyl (C=O) groups is 1. The van der Waals surface area contributed by atoms with Crippen LogP contribution in [0.25, 0.3) is 10.8 Å². The number of fused-ring (bicyclic) bond motifs is 1. The molecule has 3 aromatic rings. The van der Waals surface area contributed by atoms with Crippen molar-refractivity contribution in [2.75, 3.05) is 12.4 Å². The van der Waals surface area contributed by atoms with Gasteiger partial charge in [0.25, 0.3) is 5.56 Å². The number of nitrogens with zero attached hydrogens (tertiary/aromatic N) is 2. The fraction of sp³-hybridized carbons (Fsp3) is 0.167. The normalized spacial score (nSPS) is 10.7. The minimum Gasteiger partial charge on any atom is -0.495 e. The van der Waals surface area contributed by atoms with Gasteiger partial charge in [-0.25, -0.2) is 4.68 Å². The highest BCUT2D eigenvalue weighted by molar-refractivity contribution is 6.31. The molecule has 2 aromatic carbocycles. The molecule has 25 heavy (non-hydrogen) atoms. The average molecular weight is 358 g/mol. The highest BCUT2D eigenvalue weighted by Gasteiger charge is 2.14. The number of halogens is 1. The van der Waals surface area contributed by atoms with E-state index in [9.17, 15) is 9.59 Å². The molecular formula is C18H16ClN3O3. The Hall–Kier alpha value is -2.86. The van der Waals surface area contributed by atoms with Crippen LogP contribution in [-0.2, 0) is 18.3 Å². The standard InChI is InChI=1S/C18H16ClN3O3/c1-22-18(24)13-6-4-3-5-12(13)14(21-22)10-17(23)20-15-9-11(19)7-8-16(15)25-2/h3-9H,10H2,1-2H3,(H,20,23). The van der Waals surface area contributed by atoms with Crippen LogP contribution in [0.4, 0.5) is 5.69 Å². The van der Waals surface area contributed by atoms with Crippen LogP contribution in [-0.4, -0.2) is 22.8 Å². The Morgan fingerprint density at radius 1 is 1.24 bits per heavy atom. The Labute approximate surface area is 149 Å². The average Bonchev–Trinajstić information content (AvgIpc) is 2.59. The lowest BCUT2D eigenvalue weighted by Gasteiger charge is -2.11. The molecule has 0 fully saturated rings. The molecule has 0 bridgehead atoms. The van der Waals surface area contributed by atoms with E-state index >= 15 is 0 Å².